The molecule has 0 radical (unpaired) electrons. The van der Waals surface area contributed by atoms with Crippen molar-refractivity contribution in [1.29, 1.82) is 0 Å². The number of ether oxygens (including phenoxy) is 1. The van der Waals surface area contributed by atoms with E-state index in [2.05, 4.69) is 25.9 Å². The summed E-state index contributed by atoms with van der Waals surface area (Å²) in [7, 11) is 0. The molecule has 1 aliphatic rings. The molecule has 1 saturated heterocycles. The largest absolute Gasteiger partial charge is 0.369 e. The molecule has 1 aliphatic heterocycles. The van der Waals surface area contributed by atoms with Crippen molar-refractivity contribution in [3.8, 4) is 11.3 Å². The molecule has 104 valence electrons. The van der Waals surface area contributed by atoms with Crippen LogP contribution < -0.4 is 5.56 Å². The maximum Gasteiger partial charge on any atom is 0.265 e. The molecular weight excluding hydrogens is 340 g/mol. The van der Waals surface area contributed by atoms with E-state index in [1.807, 2.05) is 42.1 Å². The van der Waals surface area contributed by atoms with Gasteiger partial charge in [-0.25, -0.2) is 4.98 Å². The molecule has 2 aromatic rings. The summed E-state index contributed by atoms with van der Waals surface area (Å²) in [6.07, 6.45) is -0.142. The Morgan fingerprint density at radius 1 is 1.35 bits per heavy atom. The van der Waals surface area contributed by atoms with Crippen LogP contribution in [0.4, 0.5) is 0 Å². The molecule has 0 spiro atoms. The molecule has 2 heterocycles. The van der Waals surface area contributed by atoms with E-state index in [-0.39, 0.29) is 11.7 Å². The van der Waals surface area contributed by atoms with Gasteiger partial charge < -0.3 is 9.72 Å². The highest BCUT2D eigenvalue weighted by Gasteiger charge is 2.21. The van der Waals surface area contributed by atoms with Gasteiger partial charge in [0.05, 0.1) is 12.3 Å². The van der Waals surface area contributed by atoms with Crippen LogP contribution in [0, 0.1) is 0 Å². The minimum atomic E-state index is -0.173. The van der Waals surface area contributed by atoms with Crippen LogP contribution in [0.3, 0.4) is 0 Å². The fourth-order valence-electron chi connectivity index (χ4n) is 2.06. The first-order valence-electron chi connectivity index (χ1n) is 6.30. The van der Waals surface area contributed by atoms with Crippen LogP contribution in [-0.2, 0) is 4.74 Å². The summed E-state index contributed by atoms with van der Waals surface area (Å²) in [6, 6.07) is 9.67. The molecule has 1 aromatic heterocycles. The first-order valence-corrected chi connectivity index (χ1v) is 8.25. The number of thioether (sulfide) groups is 1. The quantitative estimate of drug-likeness (QED) is 0.902. The van der Waals surface area contributed by atoms with Gasteiger partial charge in [-0.15, -0.1) is 0 Å². The zero-order chi connectivity index (χ0) is 13.9. The molecule has 1 atom stereocenters. The Bertz CT molecular complexity index is 654. The number of halogens is 1. The van der Waals surface area contributed by atoms with Crippen molar-refractivity contribution in [2.45, 2.75) is 6.10 Å². The number of aromatic nitrogens is 2. The van der Waals surface area contributed by atoms with Crippen LogP contribution in [0.15, 0.2) is 39.6 Å². The highest BCUT2D eigenvalue weighted by Crippen LogP contribution is 2.27. The van der Waals surface area contributed by atoms with Crippen LogP contribution in [0.2, 0.25) is 0 Å². The minimum absolute atomic E-state index is 0.142. The summed E-state index contributed by atoms with van der Waals surface area (Å²) < 4.78 is 6.14. The molecule has 3 rings (SSSR count). The standard InChI is InChI=1S/C14H13BrN2O2S/c15-11-12(9-4-2-1-3-5-9)16-13(17-14(11)18)10-8-20-7-6-19-10/h1-5,10H,6-8H2,(H,16,17,18). The summed E-state index contributed by atoms with van der Waals surface area (Å²) in [6.45, 7) is 0.690. The number of hydrogen-bond donors (Lipinski definition) is 1. The van der Waals surface area contributed by atoms with Gasteiger partial charge in [0.25, 0.3) is 5.56 Å². The highest BCUT2D eigenvalue weighted by molar-refractivity contribution is 9.10. The zero-order valence-corrected chi connectivity index (χ0v) is 13.0. The summed E-state index contributed by atoms with van der Waals surface area (Å²) in [5, 5.41) is 0. The molecule has 1 fully saturated rings. The number of aromatic amines is 1. The molecule has 20 heavy (non-hydrogen) atoms. The van der Waals surface area contributed by atoms with E-state index < -0.39 is 0 Å². The second-order valence-corrected chi connectivity index (χ2v) is 6.36. The lowest BCUT2D eigenvalue weighted by molar-refractivity contribution is 0.0693. The Hall–Kier alpha value is -1.11. The average Bonchev–Trinajstić information content (AvgIpc) is 2.51. The summed E-state index contributed by atoms with van der Waals surface area (Å²) >= 11 is 5.13. The number of hydrogen-bond acceptors (Lipinski definition) is 4. The fourth-order valence-corrected chi connectivity index (χ4v) is 3.33. The number of benzene rings is 1. The molecule has 1 N–H and O–H groups in total. The average molecular weight is 353 g/mol. The third kappa shape index (κ3) is 2.82. The van der Waals surface area contributed by atoms with Crippen molar-refractivity contribution in [3.05, 3.63) is 51.0 Å². The van der Waals surface area contributed by atoms with Crippen molar-refractivity contribution >= 4 is 27.7 Å². The lowest BCUT2D eigenvalue weighted by atomic mass is 10.1. The van der Waals surface area contributed by atoms with Gasteiger partial charge in [-0.05, 0) is 15.9 Å². The normalized spacial score (nSPS) is 18.9. The number of rotatable bonds is 2. The maximum atomic E-state index is 12.1. The third-order valence-electron chi connectivity index (χ3n) is 3.05. The van der Waals surface area contributed by atoms with Crippen LogP contribution in [0.5, 0.6) is 0 Å². The second-order valence-electron chi connectivity index (χ2n) is 4.41. The Morgan fingerprint density at radius 3 is 2.85 bits per heavy atom. The van der Waals surface area contributed by atoms with E-state index in [9.17, 15) is 4.79 Å². The van der Waals surface area contributed by atoms with Crippen molar-refractivity contribution in [1.82, 2.24) is 9.97 Å². The first-order chi connectivity index (χ1) is 9.75. The monoisotopic (exact) mass is 352 g/mol. The van der Waals surface area contributed by atoms with Crippen LogP contribution in [-0.4, -0.2) is 28.1 Å². The Labute approximate surface area is 129 Å². The van der Waals surface area contributed by atoms with Gasteiger partial charge in [0, 0.05) is 17.1 Å². The van der Waals surface area contributed by atoms with Gasteiger partial charge in [0.2, 0.25) is 0 Å². The number of nitrogens with one attached hydrogen (secondary N) is 1. The van der Waals surface area contributed by atoms with Crippen LogP contribution >= 0.6 is 27.7 Å². The maximum absolute atomic E-state index is 12.1. The van der Waals surface area contributed by atoms with Crippen molar-refractivity contribution in [2.24, 2.45) is 0 Å². The summed E-state index contributed by atoms with van der Waals surface area (Å²) in [5.74, 6) is 2.41. The van der Waals surface area contributed by atoms with Crippen LogP contribution in [0.1, 0.15) is 11.9 Å². The lowest BCUT2D eigenvalue weighted by Crippen LogP contribution is -2.22. The molecule has 0 bridgehead atoms. The summed E-state index contributed by atoms with van der Waals surface area (Å²) in [5.41, 5.74) is 1.40. The molecule has 0 amide bonds. The predicted molar refractivity (Wildman–Crippen MR) is 84.0 cm³/mol. The van der Waals surface area contributed by atoms with E-state index in [0.717, 1.165) is 17.1 Å². The van der Waals surface area contributed by atoms with Gasteiger partial charge in [-0.3, -0.25) is 4.79 Å². The van der Waals surface area contributed by atoms with Crippen molar-refractivity contribution < 1.29 is 4.74 Å². The molecule has 0 saturated carbocycles. The van der Waals surface area contributed by atoms with E-state index in [4.69, 9.17) is 4.74 Å². The van der Waals surface area contributed by atoms with Crippen molar-refractivity contribution in [2.75, 3.05) is 18.1 Å². The van der Waals surface area contributed by atoms with Crippen molar-refractivity contribution in [3.63, 3.8) is 0 Å². The predicted octanol–water partition coefficient (Wildman–Crippen LogP) is 3.00. The molecule has 4 nitrogen and oxygen atoms in total. The van der Waals surface area contributed by atoms with E-state index in [0.29, 0.717) is 22.6 Å². The molecular formula is C14H13BrN2O2S. The third-order valence-corrected chi connectivity index (χ3v) is 4.78. The van der Waals surface area contributed by atoms with Gasteiger partial charge in [-0.2, -0.15) is 11.8 Å². The molecule has 1 unspecified atom stereocenters. The smallest absolute Gasteiger partial charge is 0.265 e. The van der Waals surface area contributed by atoms with E-state index in [1.165, 1.54) is 0 Å². The molecule has 0 aliphatic carbocycles. The lowest BCUT2D eigenvalue weighted by Gasteiger charge is -2.21. The van der Waals surface area contributed by atoms with Gasteiger partial charge >= 0.3 is 0 Å². The van der Waals surface area contributed by atoms with E-state index >= 15 is 0 Å². The Kier molecular flexibility index (Phi) is 4.24. The zero-order valence-electron chi connectivity index (χ0n) is 10.6. The van der Waals surface area contributed by atoms with Gasteiger partial charge in [-0.1, -0.05) is 30.3 Å². The molecule has 6 heteroatoms. The van der Waals surface area contributed by atoms with Gasteiger partial charge in [0.15, 0.2) is 0 Å². The number of H-pyrrole nitrogens is 1. The first kappa shape index (κ1) is 13.9. The highest BCUT2D eigenvalue weighted by atomic mass is 79.9. The Morgan fingerprint density at radius 2 is 2.15 bits per heavy atom. The van der Waals surface area contributed by atoms with Crippen LogP contribution in [0.25, 0.3) is 11.3 Å². The summed E-state index contributed by atoms with van der Waals surface area (Å²) in [4.78, 5) is 19.5. The Balaban J connectivity index is 2.06. The second kappa shape index (κ2) is 6.11. The number of nitrogens with zero attached hydrogens (tertiary/aromatic N) is 1. The van der Waals surface area contributed by atoms with Gasteiger partial charge in [0.1, 0.15) is 16.4 Å². The van der Waals surface area contributed by atoms with E-state index in [1.54, 1.807) is 0 Å². The topological polar surface area (TPSA) is 55.0 Å². The molecule has 1 aromatic carbocycles. The SMILES string of the molecule is O=c1[nH]c(C2CSCCO2)nc(-c2ccccc2)c1Br. The minimum Gasteiger partial charge on any atom is -0.369 e. The fraction of sp³-hybridized carbons (Fsp3) is 0.286.